The van der Waals surface area contributed by atoms with E-state index in [9.17, 15) is 4.79 Å². The number of allylic oxidation sites excluding steroid dienone is 9. The monoisotopic (exact) mass is 934 g/mol. The second-order valence-electron chi connectivity index (χ2n) is 17.2. The largest absolute Gasteiger partial charge is 0.460 e. The van der Waals surface area contributed by atoms with Crippen LogP contribution in [0.5, 0.6) is 5.75 Å². The number of benzene rings is 4. The van der Waals surface area contributed by atoms with Crippen molar-refractivity contribution in [1.82, 2.24) is 0 Å². The van der Waals surface area contributed by atoms with Crippen molar-refractivity contribution in [1.29, 1.82) is 0 Å². The van der Waals surface area contributed by atoms with Gasteiger partial charge in [-0.25, -0.2) is 0 Å². The van der Waals surface area contributed by atoms with Crippen LogP contribution >= 0.6 is 36.9 Å². The molecule has 9 heteroatoms. The molecule has 4 N–H and O–H groups in total. The van der Waals surface area contributed by atoms with E-state index in [1.807, 2.05) is 44.2 Å². The molecule has 0 spiro atoms. The summed E-state index contributed by atoms with van der Waals surface area (Å²) >= 11 is 15.9. The van der Waals surface area contributed by atoms with Crippen LogP contribution in [-0.2, 0) is 15.6 Å². The van der Waals surface area contributed by atoms with Gasteiger partial charge >= 0.3 is 0 Å². The molecule has 4 aromatic carbocycles. The number of nitrogens with two attached hydrogens (primary N) is 1. The van der Waals surface area contributed by atoms with Gasteiger partial charge in [0.25, 0.3) is 0 Å². The molecule has 1 unspecified atom stereocenters. The number of nitrogens with one attached hydrogen (secondary N) is 1. The summed E-state index contributed by atoms with van der Waals surface area (Å²) in [6.45, 7) is 19.1. The molecule has 1 atom stereocenters. The van der Waals surface area contributed by atoms with E-state index in [0.717, 1.165) is 85.7 Å². The quantitative estimate of drug-likeness (QED) is 0.0525. The van der Waals surface area contributed by atoms with E-state index in [1.165, 1.54) is 44.4 Å². The third-order valence-corrected chi connectivity index (χ3v) is 13.3. The number of hydrogen-bond acceptors (Lipinski definition) is 6. The van der Waals surface area contributed by atoms with Crippen molar-refractivity contribution >= 4 is 76.7 Å². The average Bonchev–Trinajstić information content (AvgIpc) is 3.71. The van der Waals surface area contributed by atoms with E-state index < -0.39 is 0 Å². The average molecular weight is 936 g/mol. The standard InChI is InChI=1S/C49H51ClN2O2S.C4H11NS.C2H6.CH4O/c1-7-15-38-32(2)20-24-40-44(38)48(3,4)42(52(40)28-13-14-29-55)26-22-34-30-36(47(53)51-37-17-9-8-10-18-37)31-35(46(34)50)23-27-43-49(5,6)45-39-19-12-11-16-33(39)21-25-41(45)54-43;5-3-1-2-4-6;2*1-2/h7-12,15-27,36H,13-14,28-31H2,1-6H3,(H-,51,53,55);6H,1-5H2;1-2H3;2H,1H3/p+1/b15-7-,26-22+,35-23+,43-27+;;;. The number of aliphatic hydroxyl groups excluding tert-OH is 1. The van der Waals surface area contributed by atoms with E-state index in [4.69, 9.17) is 27.2 Å². The van der Waals surface area contributed by atoms with Crippen LogP contribution in [0.4, 0.5) is 11.4 Å². The predicted molar refractivity (Wildman–Crippen MR) is 287 cm³/mol. The van der Waals surface area contributed by atoms with Gasteiger partial charge in [0.1, 0.15) is 18.1 Å². The van der Waals surface area contributed by atoms with E-state index >= 15 is 0 Å². The Balaban J connectivity index is 0.000000845. The number of nitrogens with zero attached hydrogens (tertiary/aromatic N) is 1. The molecule has 348 valence electrons. The second-order valence-corrected chi connectivity index (χ2v) is 18.5. The van der Waals surface area contributed by atoms with Gasteiger partial charge in [-0.1, -0.05) is 104 Å². The molecule has 7 rings (SSSR count). The number of aliphatic hydroxyl groups is 1. The number of carbonyl (C=O) groups excluding carboxylic acids is 1. The Hall–Kier alpha value is -4.31. The summed E-state index contributed by atoms with van der Waals surface area (Å²) in [6.07, 6.45) is 18.3. The molecule has 65 heavy (non-hydrogen) atoms. The van der Waals surface area contributed by atoms with Gasteiger partial charge < -0.3 is 20.9 Å². The van der Waals surface area contributed by atoms with Gasteiger partial charge in [0.2, 0.25) is 11.6 Å². The van der Waals surface area contributed by atoms with Crippen LogP contribution in [0.15, 0.2) is 131 Å². The molecule has 0 radical (unpaired) electrons. The van der Waals surface area contributed by atoms with Gasteiger partial charge in [-0.2, -0.15) is 29.8 Å². The van der Waals surface area contributed by atoms with Crippen molar-refractivity contribution in [3.8, 4) is 5.75 Å². The van der Waals surface area contributed by atoms with Crippen molar-refractivity contribution in [2.24, 2.45) is 11.7 Å². The SMILES string of the molecule is C/C=C\c1c(C)ccc2c1C(C)(C)C(/C=C/C1=C(Cl)C(=C/C=C3/Oc4ccc5ccccc5c4C3(C)C)/CC(C(=O)Nc3ccccc3)C1)=[N+]2CCCCS.CC.CO.NCCCCS. The maximum atomic E-state index is 13.9. The number of ether oxygens (including phenoxy) is 1. The zero-order valence-electron chi connectivity index (χ0n) is 40.2. The summed E-state index contributed by atoms with van der Waals surface area (Å²) < 4.78 is 9.03. The fourth-order valence-corrected chi connectivity index (χ4v) is 9.65. The van der Waals surface area contributed by atoms with Crippen LogP contribution in [0.1, 0.15) is 109 Å². The highest BCUT2D eigenvalue weighted by Gasteiger charge is 2.46. The lowest BCUT2D eigenvalue weighted by Gasteiger charge is -2.26. The summed E-state index contributed by atoms with van der Waals surface area (Å²) in [5, 5.41) is 13.2. The minimum atomic E-state index is -0.356. The number of fused-ring (bicyclic) bond motifs is 4. The zero-order valence-corrected chi connectivity index (χ0v) is 42.7. The van der Waals surface area contributed by atoms with Crippen molar-refractivity contribution < 1.29 is 19.2 Å². The van der Waals surface area contributed by atoms with Gasteiger partial charge in [0.05, 0.1) is 10.8 Å². The highest BCUT2D eigenvalue weighted by atomic mass is 35.5. The second kappa shape index (κ2) is 25.6. The van der Waals surface area contributed by atoms with E-state index in [0.29, 0.717) is 17.9 Å². The third-order valence-electron chi connectivity index (χ3n) is 12.2. The van der Waals surface area contributed by atoms with Gasteiger partial charge in [-0.3, -0.25) is 4.79 Å². The number of aryl methyl sites for hydroxylation is 1. The van der Waals surface area contributed by atoms with E-state index in [2.05, 4.69) is 162 Å². The van der Waals surface area contributed by atoms with Crippen LogP contribution in [0.25, 0.3) is 16.8 Å². The molecule has 0 bridgehead atoms. The van der Waals surface area contributed by atoms with Gasteiger partial charge in [-0.05, 0) is 149 Å². The fourth-order valence-electron chi connectivity index (χ4n) is 8.92. The number of carbonyl (C=O) groups is 1. The Morgan fingerprint density at radius 1 is 0.846 bits per heavy atom. The number of para-hydroxylation sites is 1. The molecule has 0 saturated carbocycles. The molecular weight excluding hydrogens is 862 g/mol. The summed E-state index contributed by atoms with van der Waals surface area (Å²) in [4.78, 5) is 13.9. The van der Waals surface area contributed by atoms with Crippen molar-refractivity contribution in [3.63, 3.8) is 0 Å². The van der Waals surface area contributed by atoms with Crippen molar-refractivity contribution in [3.05, 3.63) is 153 Å². The third kappa shape index (κ3) is 12.6. The molecular formula is C56H73ClN3O3S2+. The number of unbranched alkanes of at least 4 members (excludes halogenated alkanes) is 2. The van der Waals surface area contributed by atoms with Crippen LogP contribution in [0.3, 0.4) is 0 Å². The minimum Gasteiger partial charge on any atom is -0.460 e. The van der Waals surface area contributed by atoms with E-state index in [-0.39, 0.29) is 22.7 Å². The van der Waals surface area contributed by atoms with E-state index in [1.54, 1.807) is 0 Å². The first kappa shape index (κ1) is 53.3. The van der Waals surface area contributed by atoms with Gasteiger partial charge in [0.15, 0.2) is 5.71 Å². The number of halogens is 1. The maximum absolute atomic E-state index is 13.9. The van der Waals surface area contributed by atoms with Crippen LogP contribution in [-0.4, -0.2) is 53.0 Å². The first-order chi connectivity index (χ1) is 31.4. The summed E-state index contributed by atoms with van der Waals surface area (Å²) in [7, 11) is 1.00. The Morgan fingerprint density at radius 3 is 2.18 bits per heavy atom. The minimum absolute atomic E-state index is 0.0164. The molecule has 6 nitrogen and oxygen atoms in total. The number of rotatable bonds is 13. The molecule has 4 aromatic rings. The molecule has 2 aliphatic heterocycles. The van der Waals surface area contributed by atoms with Gasteiger partial charge in [-0.15, -0.1) is 0 Å². The van der Waals surface area contributed by atoms with Crippen LogP contribution in [0, 0.1) is 12.8 Å². The normalized spacial score (nSPS) is 18.2. The molecule has 2 heterocycles. The molecule has 0 aromatic heterocycles. The smallest absolute Gasteiger partial charge is 0.228 e. The summed E-state index contributed by atoms with van der Waals surface area (Å²) in [5.74, 6) is 3.24. The Bertz CT molecular complexity index is 2420. The molecule has 0 saturated heterocycles. The van der Waals surface area contributed by atoms with Crippen LogP contribution < -0.4 is 15.8 Å². The maximum Gasteiger partial charge on any atom is 0.228 e. The highest BCUT2D eigenvalue weighted by Crippen LogP contribution is 2.49. The lowest BCUT2D eigenvalue weighted by atomic mass is 9.77. The number of amides is 1. The highest BCUT2D eigenvalue weighted by molar-refractivity contribution is 7.80. The Kier molecular flexibility index (Phi) is 21.0. The lowest BCUT2D eigenvalue weighted by molar-refractivity contribution is -0.438. The molecule has 0 fully saturated rings. The summed E-state index contributed by atoms with van der Waals surface area (Å²) in [6, 6.07) is 26.8. The Labute approximate surface area is 406 Å². The number of thiol groups is 2. The zero-order chi connectivity index (χ0) is 47.7. The Morgan fingerprint density at radius 2 is 1.52 bits per heavy atom. The van der Waals surface area contributed by atoms with Gasteiger partial charge in [0, 0.05) is 53.4 Å². The number of hydrogen-bond donors (Lipinski definition) is 5. The molecule has 3 aliphatic rings. The predicted octanol–water partition coefficient (Wildman–Crippen LogP) is 13.8. The summed E-state index contributed by atoms with van der Waals surface area (Å²) in [5.41, 5.74) is 14.8. The number of anilines is 1. The first-order valence-corrected chi connectivity index (χ1v) is 24.8. The topological polar surface area (TPSA) is 87.6 Å². The fraction of sp³-hybridized carbons (Fsp3) is 0.393. The lowest BCUT2D eigenvalue weighted by Crippen LogP contribution is -2.29. The van der Waals surface area contributed by atoms with Crippen LogP contribution in [0.2, 0.25) is 0 Å². The van der Waals surface area contributed by atoms with Crippen molar-refractivity contribution in [2.75, 3.05) is 37.0 Å². The van der Waals surface area contributed by atoms with Crippen molar-refractivity contribution in [2.45, 2.75) is 105 Å². The first-order valence-electron chi connectivity index (χ1n) is 23.2. The molecule has 1 amide bonds. The molecule has 1 aliphatic carbocycles.